The Morgan fingerprint density at radius 1 is 0.711 bits per heavy atom. The van der Waals surface area contributed by atoms with E-state index in [9.17, 15) is 0 Å². The molecule has 0 radical (unpaired) electrons. The van der Waals surface area contributed by atoms with E-state index in [1.165, 1.54) is 35.7 Å². The van der Waals surface area contributed by atoms with E-state index in [2.05, 4.69) is 112 Å². The molecule has 4 aromatic rings. The molecule has 4 aromatic carbocycles. The van der Waals surface area contributed by atoms with E-state index in [0.29, 0.717) is 45.4 Å². The summed E-state index contributed by atoms with van der Waals surface area (Å²) in [5.74, 6) is 3.74. The molecule has 0 spiro atoms. The molecule has 1 heterocycles. The summed E-state index contributed by atoms with van der Waals surface area (Å²) in [5, 5.41) is 1.10. The fraction of sp³-hybridized carbons (Fsp3) is 0.415. The van der Waals surface area contributed by atoms with E-state index in [1.54, 1.807) is 0 Å². The molecular weight excluding hydrogens is 619 g/mol. The topological polar surface area (TPSA) is 27.7 Å². The van der Waals surface area contributed by atoms with Crippen LogP contribution >= 0.6 is 0 Å². The summed E-state index contributed by atoms with van der Waals surface area (Å²) in [5.41, 5.74) is 4.00. The minimum absolute atomic E-state index is 0.162. The van der Waals surface area contributed by atoms with Gasteiger partial charge in [-0.05, 0) is 0 Å². The van der Waals surface area contributed by atoms with Crippen LogP contribution in [0.15, 0.2) is 103 Å². The first-order chi connectivity index (χ1) is 21.8. The molecule has 7 rings (SSSR count). The number of hydrogen-bond donors (Lipinski definition) is 0. The van der Waals surface area contributed by atoms with Crippen molar-refractivity contribution in [2.75, 3.05) is 0 Å². The van der Waals surface area contributed by atoms with Crippen LogP contribution in [0.2, 0.25) is 5.32 Å². The van der Waals surface area contributed by atoms with E-state index in [4.69, 9.17) is 14.2 Å². The standard InChI is InChI=1S/C41H46O3Se/c1-39(2)21-13-22-40(3)37(39)20-23-41(29-45-33-18-11-6-12-19-33)38(40)25-32-24-35(42-27-30-14-7-4-8-15-30)36(26-34(32)44-41)43-28-31-16-9-5-10-17-31/h4-12,14-19,24,26,37-38H,13,20-23,25,27-29H2,1-3H3/t37?,38-,40+,41-/m1/s1. The molecule has 2 fully saturated rings. The predicted molar refractivity (Wildman–Crippen MR) is 184 cm³/mol. The van der Waals surface area contributed by atoms with Crippen LogP contribution in [-0.4, -0.2) is 20.6 Å². The average molecular weight is 666 g/mol. The van der Waals surface area contributed by atoms with E-state index in [1.807, 2.05) is 12.1 Å². The van der Waals surface area contributed by atoms with Crippen molar-refractivity contribution in [3.8, 4) is 17.2 Å². The molecule has 234 valence electrons. The summed E-state index contributed by atoms with van der Waals surface area (Å²) in [6, 6.07) is 36.2. The van der Waals surface area contributed by atoms with E-state index >= 15 is 0 Å². The number of fused-ring (bicyclic) bond motifs is 4. The Hall–Kier alpha value is -3.20. The molecule has 1 unspecified atom stereocenters. The van der Waals surface area contributed by atoms with Gasteiger partial charge in [-0.3, -0.25) is 0 Å². The molecular formula is C41H46O3Se. The Morgan fingerprint density at radius 3 is 1.96 bits per heavy atom. The second kappa shape index (κ2) is 12.5. The van der Waals surface area contributed by atoms with Gasteiger partial charge in [0.05, 0.1) is 0 Å². The molecule has 4 atom stereocenters. The van der Waals surface area contributed by atoms with Crippen molar-refractivity contribution in [2.45, 2.75) is 83.4 Å². The van der Waals surface area contributed by atoms with Gasteiger partial charge in [0.25, 0.3) is 0 Å². The van der Waals surface area contributed by atoms with E-state index in [-0.39, 0.29) is 11.0 Å². The van der Waals surface area contributed by atoms with Crippen LogP contribution in [0, 0.1) is 22.7 Å². The van der Waals surface area contributed by atoms with Crippen LogP contribution in [-0.2, 0) is 19.6 Å². The fourth-order valence-electron chi connectivity index (χ4n) is 8.91. The second-order valence-corrected chi connectivity index (χ2v) is 16.6. The number of hydrogen-bond acceptors (Lipinski definition) is 3. The summed E-state index contributed by atoms with van der Waals surface area (Å²) >= 11 is 0.343. The SMILES string of the molecule is CC1(C)CCC[C@@]2(C)C1CC[C@]1(C[Se]c3ccccc3)Oc3cc(OCc4ccccc4)c(OCc4ccccc4)cc3C[C@@H]12. The van der Waals surface area contributed by atoms with Crippen LogP contribution in [0.4, 0.5) is 0 Å². The molecule has 2 saturated carbocycles. The number of ether oxygens (including phenoxy) is 3. The van der Waals surface area contributed by atoms with Crippen molar-refractivity contribution in [1.82, 2.24) is 0 Å². The number of rotatable bonds is 9. The monoisotopic (exact) mass is 666 g/mol. The average Bonchev–Trinajstić information content (AvgIpc) is 3.06. The van der Waals surface area contributed by atoms with Gasteiger partial charge in [0.15, 0.2) is 0 Å². The van der Waals surface area contributed by atoms with Gasteiger partial charge < -0.3 is 0 Å². The Morgan fingerprint density at radius 2 is 1.31 bits per heavy atom. The Balaban J connectivity index is 1.25. The van der Waals surface area contributed by atoms with Crippen molar-refractivity contribution in [3.05, 3.63) is 120 Å². The molecule has 3 aliphatic rings. The van der Waals surface area contributed by atoms with Gasteiger partial charge in [-0.25, -0.2) is 0 Å². The van der Waals surface area contributed by atoms with Crippen LogP contribution < -0.4 is 18.7 Å². The van der Waals surface area contributed by atoms with Gasteiger partial charge in [0.2, 0.25) is 0 Å². The maximum absolute atomic E-state index is 7.42. The van der Waals surface area contributed by atoms with Crippen LogP contribution in [0.1, 0.15) is 69.6 Å². The van der Waals surface area contributed by atoms with Crippen LogP contribution in [0.3, 0.4) is 0 Å². The zero-order valence-corrected chi connectivity index (χ0v) is 28.7. The minimum atomic E-state index is -0.162. The summed E-state index contributed by atoms with van der Waals surface area (Å²) in [7, 11) is 0. The van der Waals surface area contributed by atoms with Crippen molar-refractivity contribution < 1.29 is 14.2 Å². The molecule has 0 amide bonds. The third kappa shape index (κ3) is 6.17. The summed E-state index contributed by atoms with van der Waals surface area (Å²) in [6.45, 7) is 8.66. The molecule has 0 N–H and O–H groups in total. The third-order valence-electron chi connectivity index (χ3n) is 11.1. The van der Waals surface area contributed by atoms with Gasteiger partial charge in [0, 0.05) is 0 Å². The first kappa shape index (κ1) is 30.5. The molecule has 45 heavy (non-hydrogen) atoms. The van der Waals surface area contributed by atoms with Gasteiger partial charge in [-0.1, -0.05) is 6.07 Å². The molecule has 0 bridgehead atoms. The maximum atomic E-state index is 7.42. The number of benzene rings is 4. The van der Waals surface area contributed by atoms with Gasteiger partial charge in [-0.15, -0.1) is 0 Å². The van der Waals surface area contributed by atoms with Crippen LogP contribution in [0.5, 0.6) is 17.2 Å². The molecule has 4 heteroatoms. The molecule has 0 aromatic heterocycles. The summed E-state index contributed by atoms with van der Waals surface area (Å²) < 4.78 is 21.9. The fourth-order valence-corrected chi connectivity index (χ4v) is 11.4. The second-order valence-electron chi connectivity index (χ2n) is 14.4. The summed E-state index contributed by atoms with van der Waals surface area (Å²) in [4.78, 5) is 0. The van der Waals surface area contributed by atoms with Crippen molar-refractivity contribution >= 4 is 19.4 Å². The van der Waals surface area contributed by atoms with Crippen LogP contribution in [0.25, 0.3) is 0 Å². The van der Waals surface area contributed by atoms with Crippen molar-refractivity contribution in [1.29, 1.82) is 0 Å². The van der Waals surface area contributed by atoms with Gasteiger partial charge in [0.1, 0.15) is 0 Å². The zero-order chi connectivity index (χ0) is 30.9. The summed E-state index contributed by atoms with van der Waals surface area (Å²) in [6.07, 6.45) is 7.33. The van der Waals surface area contributed by atoms with E-state index < -0.39 is 0 Å². The Labute approximate surface area is 275 Å². The molecule has 3 nitrogen and oxygen atoms in total. The first-order valence-electron chi connectivity index (χ1n) is 16.7. The zero-order valence-electron chi connectivity index (χ0n) is 27.0. The quantitative estimate of drug-likeness (QED) is 0.167. The first-order valence-corrected chi connectivity index (χ1v) is 18.8. The Kier molecular flexibility index (Phi) is 8.48. The predicted octanol–water partition coefficient (Wildman–Crippen LogP) is 9.21. The van der Waals surface area contributed by atoms with E-state index in [0.717, 1.165) is 46.5 Å². The molecule has 2 aliphatic carbocycles. The molecule has 0 saturated heterocycles. The molecule has 1 aliphatic heterocycles. The normalized spacial score (nSPS) is 26.5. The van der Waals surface area contributed by atoms with Crippen molar-refractivity contribution in [2.24, 2.45) is 22.7 Å². The van der Waals surface area contributed by atoms with Crippen molar-refractivity contribution in [3.63, 3.8) is 0 Å². The Bertz CT molecular complexity index is 1590. The van der Waals surface area contributed by atoms with Gasteiger partial charge in [-0.2, -0.15) is 0 Å². The third-order valence-corrected chi connectivity index (χ3v) is 13.7. The van der Waals surface area contributed by atoms with Gasteiger partial charge >= 0.3 is 271 Å².